The van der Waals surface area contributed by atoms with Crippen LogP contribution in [-0.2, 0) is 12.8 Å². The van der Waals surface area contributed by atoms with E-state index in [2.05, 4.69) is 60.7 Å². The maximum Gasteiger partial charge on any atom is 0.167 e. The van der Waals surface area contributed by atoms with Gasteiger partial charge in [-0.2, -0.15) is 0 Å². The van der Waals surface area contributed by atoms with Gasteiger partial charge in [0.25, 0.3) is 0 Å². The number of hydrogen-bond acceptors (Lipinski definition) is 2. The summed E-state index contributed by atoms with van der Waals surface area (Å²) in [4.78, 5) is 18.2. The van der Waals surface area contributed by atoms with Crippen molar-refractivity contribution in [2.75, 3.05) is 0 Å². The molecule has 4 aromatic carbocycles. The molecule has 0 amide bonds. The molecule has 1 heterocycles. The molecule has 0 saturated heterocycles. The van der Waals surface area contributed by atoms with Crippen molar-refractivity contribution in [3.63, 3.8) is 0 Å². The van der Waals surface area contributed by atoms with Crippen molar-refractivity contribution < 1.29 is 4.79 Å². The Hall–Kier alpha value is -4.04. The van der Waals surface area contributed by atoms with Gasteiger partial charge in [0.1, 0.15) is 0 Å². The van der Waals surface area contributed by atoms with E-state index in [1.165, 1.54) is 22.3 Å². The van der Waals surface area contributed by atoms with E-state index in [0.717, 1.165) is 39.7 Å². The standard InChI is InChI=1S/C30H21NO/c32-30(22-14-15-26-23(17-22)16-21-10-4-5-11-25(21)26)19-24-18-29(20-8-2-1-3-9-20)31-28-13-7-6-12-27(24)28/h1-15,17-18H,16,19H2. The zero-order valence-electron chi connectivity index (χ0n) is 17.6. The average molecular weight is 412 g/mol. The number of Topliss-reactive ketones (excluding diaryl/α,β-unsaturated/α-hetero) is 1. The fourth-order valence-corrected chi connectivity index (χ4v) is 4.74. The number of benzene rings is 4. The third kappa shape index (κ3) is 3.21. The van der Waals surface area contributed by atoms with Gasteiger partial charge < -0.3 is 0 Å². The number of carbonyl (C=O) groups is 1. The van der Waals surface area contributed by atoms with E-state index in [-0.39, 0.29) is 5.78 Å². The van der Waals surface area contributed by atoms with Gasteiger partial charge in [-0.3, -0.25) is 4.79 Å². The van der Waals surface area contributed by atoms with Crippen molar-refractivity contribution in [1.82, 2.24) is 4.98 Å². The predicted octanol–water partition coefficient (Wildman–Crippen LogP) is 6.90. The number of hydrogen-bond donors (Lipinski definition) is 0. The fourth-order valence-electron chi connectivity index (χ4n) is 4.74. The molecule has 0 radical (unpaired) electrons. The first-order valence-electron chi connectivity index (χ1n) is 10.9. The Morgan fingerprint density at radius 2 is 1.47 bits per heavy atom. The van der Waals surface area contributed by atoms with E-state index in [1.54, 1.807) is 0 Å². The zero-order chi connectivity index (χ0) is 21.5. The normalized spacial score (nSPS) is 11.9. The number of pyridine rings is 1. The lowest BCUT2D eigenvalue weighted by molar-refractivity contribution is 0.0993. The topological polar surface area (TPSA) is 30.0 Å². The van der Waals surface area contributed by atoms with Crippen LogP contribution in [0, 0.1) is 0 Å². The molecular formula is C30H21NO. The Morgan fingerprint density at radius 3 is 2.38 bits per heavy atom. The van der Waals surface area contributed by atoms with Crippen LogP contribution in [-0.4, -0.2) is 10.8 Å². The zero-order valence-corrected chi connectivity index (χ0v) is 17.6. The number of fused-ring (bicyclic) bond motifs is 4. The van der Waals surface area contributed by atoms with Gasteiger partial charge in [-0.05, 0) is 52.4 Å². The molecule has 1 aliphatic carbocycles. The lowest BCUT2D eigenvalue weighted by Gasteiger charge is -2.10. The SMILES string of the molecule is O=C(Cc1cc(-c2ccccc2)nc2ccccc12)c1ccc2c(c1)Cc1ccccc1-2. The first-order valence-corrected chi connectivity index (χ1v) is 10.9. The monoisotopic (exact) mass is 411 g/mol. The Morgan fingerprint density at radius 1 is 0.719 bits per heavy atom. The van der Waals surface area contributed by atoms with E-state index in [0.29, 0.717) is 6.42 Å². The summed E-state index contributed by atoms with van der Waals surface area (Å²) in [7, 11) is 0. The van der Waals surface area contributed by atoms with E-state index < -0.39 is 0 Å². The second-order valence-electron chi connectivity index (χ2n) is 8.36. The smallest absolute Gasteiger partial charge is 0.167 e. The van der Waals surface area contributed by atoms with Gasteiger partial charge in [0, 0.05) is 22.9 Å². The first-order chi connectivity index (χ1) is 15.8. The average Bonchev–Trinajstić information content (AvgIpc) is 3.22. The van der Waals surface area contributed by atoms with Crippen LogP contribution < -0.4 is 0 Å². The minimum absolute atomic E-state index is 0.138. The minimum Gasteiger partial charge on any atom is -0.294 e. The van der Waals surface area contributed by atoms with Gasteiger partial charge in [0.2, 0.25) is 0 Å². The van der Waals surface area contributed by atoms with E-state index in [9.17, 15) is 4.79 Å². The van der Waals surface area contributed by atoms with Gasteiger partial charge >= 0.3 is 0 Å². The predicted molar refractivity (Wildman–Crippen MR) is 130 cm³/mol. The number of ketones is 1. The van der Waals surface area contributed by atoms with Crippen LogP contribution in [0.3, 0.4) is 0 Å². The maximum absolute atomic E-state index is 13.4. The van der Waals surface area contributed by atoms with Crippen LogP contribution in [0.15, 0.2) is 103 Å². The molecule has 32 heavy (non-hydrogen) atoms. The molecule has 0 unspecified atom stereocenters. The van der Waals surface area contributed by atoms with E-state index in [4.69, 9.17) is 4.98 Å². The summed E-state index contributed by atoms with van der Waals surface area (Å²) >= 11 is 0. The number of nitrogens with zero attached hydrogens (tertiary/aromatic N) is 1. The van der Waals surface area contributed by atoms with Crippen LogP contribution in [0.4, 0.5) is 0 Å². The molecule has 0 spiro atoms. The lowest BCUT2D eigenvalue weighted by atomic mass is 9.95. The molecule has 152 valence electrons. The fraction of sp³-hybridized carbons (Fsp3) is 0.0667. The van der Waals surface area contributed by atoms with Crippen molar-refractivity contribution in [2.24, 2.45) is 0 Å². The van der Waals surface area contributed by atoms with Crippen molar-refractivity contribution in [3.8, 4) is 22.4 Å². The molecule has 0 atom stereocenters. The van der Waals surface area contributed by atoms with Gasteiger partial charge in [-0.1, -0.05) is 84.9 Å². The molecule has 5 aromatic rings. The van der Waals surface area contributed by atoms with E-state index in [1.807, 2.05) is 42.5 Å². The largest absolute Gasteiger partial charge is 0.294 e. The number of para-hydroxylation sites is 1. The van der Waals surface area contributed by atoms with Crippen LogP contribution in [0.2, 0.25) is 0 Å². The van der Waals surface area contributed by atoms with Gasteiger partial charge in [-0.25, -0.2) is 4.98 Å². The molecule has 0 aliphatic heterocycles. The molecule has 2 nitrogen and oxygen atoms in total. The number of rotatable bonds is 4. The molecule has 6 rings (SSSR count). The van der Waals surface area contributed by atoms with Crippen molar-refractivity contribution in [1.29, 1.82) is 0 Å². The third-order valence-electron chi connectivity index (χ3n) is 6.34. The number of aromatic nitrogens is 1. The highest BCUT2D eigenvalue weighted by molar-refractivity contribution is 6.01. The first kappa shape index (κ1) is 18.7. The third-order valence-corrected chi connectivity index (χ3v) is 6.34. The van der Waals surface area contributed by atoms with Crippen LogP contribution >= 0.6 is 0 Å². The lowest BCUT2D eigenvalue weighted by Crippen LogP contribution is -2.05. The highest BCUT2D eigenvalue weighted by Gasteiger charge is 2.20. The molecule has 2 heteroatoms. The summed E-state index contributed by atoms with van der Waals surface area (Å²) < 4.78 is 0. The molecule has 0 bridgehead atoms. The highest BCUT2D eigenvalue weighted by Crippen LogP contribution is 2.37. The van der Waals surface area contributed by atoms with Crippen LogP contribution in [0.5, 0.6) is 0 Å². The molecular weight excluding hydrogens is 390 g/mol. The Labute approximate surface area is 187 Å². The molecule has 0 N–H and O–H groups in total. The summed E-state index contributed by atoms with van der Waals surface area (Å²) in [6, 6.07) is 34.9. The Bertz CT molecular complexity index is 1480. The summed E-state index contributed by atoms with van der Waals surface area (Å²) in [5.74, 6) is 0.138. The Balaban J connectivity index is 1.37. The van der Waals surface area contributed by atoms with Gasteiger partial charge in [0.05, 0.1) is 11.2 Å². The summed E-state index contributed by atoms with van der Waals surface area (Å²) in [6.45, 7) is 0. The van der Waals surface area contributed by atoms with Crippen molar-refractivity contribution in [3.05, 3.63) is 125 Å². The van der Waals surface area contributed by atoms with Crippen molar-refractivity contribution in [2.45, 2.75) is 12.8 Å². The summed E-state index contributed by atoms with van der Waals surface area (Å²) in [5.41, 5.74) is 9.77. The quantitative estimate of drug-likeness (QED) is 0.295. The molecule has 1 aromatic heterocycles. The van der Waals surface area contributed by atoms with Crippen molar-refractivity contribution >= 4 is 16.7 Å². The van der Waals surface area contributed by atoms with Crippen LogP contribution in [0.25, 0.3) is 33.3 Å². The number of carbonyl (C=O) groups excluding carboxylic acids is 1. The van der Waals surface area contributed by atoms with Crippen LogP contribution in [0.1, 0.15) is 27.0 Å². The molecule has 0 saturated carbocycles. The van der Waals surface area contributed by atoms with E-state index >= 15 is 0 Å². The van der Waals surface area contributed by atoms with Gasteiger partial charge in [-0.15, -0.1) is 0 Å². The molecule has 1 aliphatic rings. The summed E-state index contributed by atoms with van der Waals surface area (Å²) in [5, 5.41) is 1.04. The second-order valence-corrected chi connectivity index (χ2v) is 8.36. The molecule has 0 fully saturated rings. The second kappa shape index (κ2) is 7.58. The highest BCUT2D eigenvalue weighted by atomic mass is 16.1. The van der Waals surface area contributed by atoms with Gasteiger partial charge in [0.15, 0.2) is 5.78 Å². The minimum atomic E-state index is 0.138. The maximum atomic E-state index is 13.4. The Kier molecular flexibility index (Phi) is 4.43. The summed E-state index contributed by atoms with van der Waals surface area (Å²) in [6.07, 6.45) is 1.25.